The minimum Gasteiger partial charge on any atom is -0.481 e. The largest absolute Gasteiger partial charge is 0.481 e. The second-order valence-electron chi connectivity index (χ2n) is 4.03. The third-order valence-electron chi connectivity index (χ3n) is 2.37. The van der Waals surface area contributed by atoms with E-state index < -0.39 is 6.10 Å². The molecule has 1 unspecified atom stereocenters. The summed E-state index contributed by atoms with van der Waals surface area (Å²) >= 11 is 5.77. The van der Waals surface area contributed by atoms with E-state index in [0.29, 0.717) is 22.4 Å². The highest BCUT2D eigenvalue weighted by molar-refractivity contribution is 6.30. The van der Waals surface area contributed by atoms with Gasteiger partial charge in [0, 0.05) is 11.1 Å². The van der Waals surface area contributed by atoms with Crippen LogP contribution in [0.25, 0.3) is 0 Å². The molecule has 2 aromatic rings. The molecular formula is C13H13ClN2O3. The van der Waals surface area contributed by atoms with Gasteiger partial charge in [-0.05, 0) is 38.1 Å². The summed E-state index contributed by atoms with van der Waals surface area (Å²) in [7, 11) is 0. The quantitative estimate of drug-likeness (QED) is 0.935. The lowest BCUT2D eigenvalue weighted by atomic mass is 10.3. The van der Waals surface area contributed by atoms with Crippen LogP contribution in [-0.2, 0) is 4.79 Å². The fourth-order valence-corrected chi connectivity index (χ4v) is 1.55. The van der Waals surface area contributed by atoms with E-state index in [1.807, 2.05) is 0 Å². The number of hydrogen-bond donors (Lipinski definition) is 1. The molecule has 0 saturated carbocycles. The lowest BCUT2D eigenvalue weighted by Crippen LogP contribution is -2.30. The summed E-state index contributed by atoms with van der Waals surface area (Å²) in [6.07, 6.45) is -0.654. The van der Waals surface area contributed by atoms with Crippen molar-refractivity contribution < 1.29 is 14.1 Å². The number of carbonyl (C=O) groups excluding carboxylic acids is 1. The molecule has 1 amide bonds. The number of nitrogens with zero attached hydrogens (tertiary/aromatic N) is 1. The molecule has 6 heteroatoms. The maximum atomic E-state index is 11.8. The van der Waals surface area contributed by atoms with Crippen LogP contribution in [0.4, 0.5) is 5.82 Å². The molecule has 1 atom stereocenters. The summed E-state index contributed by atoms with van der Waals surface area (Å²) in [5.41, 5.74) is 0. The molecule has 5 nitrogen and oxygen atoms in total. The molecule has 0 bridgehead atoms. The van der Waals surface area contributed by atoms with Crippen LogP contribution in [0.5, 0.6) is 5.75 Å². The molecule has 0 aliphatic rings. The van der Waals surface area contributed by atoms with Crippen LogP contribution >= 0.6 is 11.6 Å². The predicted molar refractivity (Wildman–Crippen MR) is 71.4 cm³/mol. The minimum atomic E-state index is -0.654. The van der Waals surface area contributed by atoms with Gasteiger partial charge < -0.3 is 14.6 Å². The number of halogens is 1. The molecule has 19 heavy (non-hydrogen) atoms. The van der Waals surface area contributed by atoms with Crippen molar-refractivity contribution in [3.05, 3.63) is 41.1 Å². The number of hydrogen-bond acceptors (Lipinski definition) is 4. The lowest BCUT2D eigenvalue weighted by Gasteiger charge is -2.13. The first-order valence-electron chi connectivity index (χ1n) is 5.71. The number of rotatable bonds is 4. The molecule has 1 heterocycles. The average Bonchev–Trinajstić information content (AvgIpc) is 2.77. The fourth-order valence-electron chi connectivity index (χ4n) is 1.42. The van der Waals surface area contributed by atoms with Gasteiger partial charge in [0.2, 0.25) is 0 Å². The van der Waals surface area contributed by atoms with Crippen molar-refractivity contribution in [2.45, 2.75) is 20.0 Å². The van der Waals surface area contributed by atoms with Crippen molar-refractivity contribution in [1.82, 2.24) is 5.16 Å². The van der Waals surface area contributed by atoms with E-state index in [9.17, 15) is 4.79 Å². The second kappa shape index (κ2) is 5.75. The zero-order valence-electron chi connectivity index (χ0n) is 10.5. The van der Waals surface area contributed by atoms with Crippen LogP contribution in [0.2, 0.25) is 5.02 Å². The van der Waals surface area contributed by atoms with Gasteiger partial charge in [-0.15, -0.1) is 0 Å². The Morgan fingerprint density at radius 2 is 2.11 bits per heavy atom. The number of nitrogens with one attached hydrogen (secondary N) is 1. The Labute approximate surface area is 115 Å². The first kappa shape index (κ1) is 13.4. The Hall–Kier alpha value is -2.01. The summed E-state index contributed by atoms with van der Waals surface area (Å²) in [6, 6.07) is 8.43. The van der Waals surface area contributed by atoms with Gasteiger partial charge in [0.25, 0.3) is 5.91 Å². The second-order valence-corrected chi connectivity index (χ2v) is 4.46. The Morgan fingerprint density at radius 1 is 1.42 bits per heavy atom. The van der Waals surface area contributed by atoms with Crippen molar-refractivity contribution in [2.24, 2.45) is 0 Å². The van der Waals surface area contributed by atoms with Crippen LogP contribution in [0, 0.1) is 6.92 Å². The number of benzene rings is 1. The normalized spacial score (nSPS) is 11.9. The van der Waals surface area contributed by atoms with E-state index in [0.717, 1.165) is 0 Å². The van der Waals surface area contributed by atoms with Gasteiger partial charge in [-0.2, -0.15) is 0 Å². The Balaban J connectivity index is 1.94. The number of aromatic nitrogens is 1. The van der Waals surface area contributed by atoms with E-state index >= 15 is 0 Å². The zero-order valence-corrected chi connectivity index (χ0v) is 11.3. The van der Waals surface area contributed by atoms with E-state index in [-0.39, 0.29) is 5.91 Å². The molecule has 0 radical (unpaired) electrons. The van der Waals surface area contributed by atoms with Gasteiger partial charge in [-0.25, -0.2) is 0 Å². The van der Waals surface area contributed by atoms with Gasteiger partial charge in [0.15, 0.2) is 11.9 Å². The predicted octanol–water partition coefficient (Wildman–Crippen LogP) is 3.04. The van der Waals surface area contributed by atoms with Gasteiger partial charge >= 0.3 is 0 Å². The number of aryl methyl sites for hydroxylation is 1. The average molecular weight is 281 g/mol. The number of amides is 1. The van der Waals surface area contributed by atoms with E-state index in [1.54, 1.807) is 44.2 Å². The summed E-state index contributed by atoms with van der Waals surface area (Å²) in [5.74, 6) is 1.27. The molecule has 0 aliphatic carbocycles. The van der Waals surface area contributed by atoms with Gasteiger partial charge in [0.05, 0.1) is 0 Å². The monoisotopic (exact) mass is 280 g/mol. The molecule has 1 aromatic heterocycles. The topological polar surface area (TPSA) is 64.4 Å². The lowest BCUT2D eigenvalue weighted by molar-refractivity contribution is -0.122. The van der Waals surface area contributed by atoms with Crippen LogP contribution in [-0.4, -0.2) is 17.2 Å². The molecular weight excluding hydrogens is 268 g/mol. The smallest absolute Gasteiger partial charge is 0.266 e. The highest BCUT2D eigenvalue weighted by atomic mass is 35.5. The Morgan fingerprint density at radius 3 is 2.68 bits per heavy atom. The summed E-state index contributed by atoms with van der Waals surface area (Å²) < 4.78 is 10.3. The Kier molecular flexibility index (Phi) is 4.06. The zero-order chi connectivity index (χ0) is 13.8. The van der Waals surface area contributed by atoms with Crippen molar-refractivity contribution >= 4 is 23.3 Å². The first-order chi connectivity index (χ1) is 9.04. The van der Waals surface area contributed by atoms with Crippen molar-refractivity contribution in [1.29, 1.82) is 0 Å². The van der Waals surface area contributed by atoms with E-state index in [4.69, 9.17) is 20.9 Å². The number of anilines is 1. The maximum Gasteiger partial charge on any atom is 0.266 e. The number of ether oxygens (including phenoxy) is 1. The van der Waals surface area contributed by atoms with Crippen LogP contribution in [0.15, 0.2) is 34.9 Å². The molecule has 0 aliphatic heterocycles. The van der Waals surface area contributed by atoms with E-state index in [2.05, 4.69) is 10.5 Å². The third-order valence-corrected chi connectivity index (χ3v) is 2.63. The van der Waals surface area contributed by atoms with Crippen LogP contribution in [0.1, 0.15) is 12.7 Å². The van der Waals surface area contributed by atoms with Crippen LogP contribution < -0.4 is 10.1 Å². The molecule has 100 valence electrons. The third kappa shape index (κ3) is 3.72. The van der Waals surface area contributed by atoms with E-state index in [1.165, 1.54) is 0 Å². The summed E-state index contributed by atoms with van der Waals surface area (Å²) in [6.45, 7) is 3.40. The van der Waals surface area contributed by atoms with Crippen molar-refractivity contribution in [2.75, 3.05) is 5.32 Å². The molecule has 1 aromatic carbocycles. The molecule has 1 N–H and O–H groups in total. The van der Waals surface area contributed by atoms with Crippen molar-refractivity contribution in [3.63, 3.8) is 0 Å². The van der Waals surface area contributed by atoms with Gasteiger partial charge in [0.1, 0.15) is 11.5 Å². The van der Waals surface area contributed by atoms with Gasteiger partial charge in [-0.1, -0.05) is 16.8 Å². The minimum absolute atomic E-state index is 0.303. The number of carbonyl (C=O) groups is 1. The molecule has 0 fully saturated rings. The SMILES string of the molecule is Cc1cc(NC(=O)C(C)Oc2ccc(Cl)cc2)no1. The standard InChI is InChI=1S/C13H13ClN2O3/c1-8-7-12(16-19-8)15-13(17)9(2)18-11-5-3-10(14)4-6-11/h3-7,9H,1-2H3,(H,15,16,17). The summed E-state index contributed by atoms with van der Waals surface area (Å²) in [5, 5.41) is 6.89. The molecule has 0 spiro atoms. The molecule has 2 rings (SSSR count). The Bertz CT molecular complexity index is 566. The maximum absolute atomic E-state index is 11.8. The van der Waals surface area contributed by atoms with Crippen molar-refractivity contribution in [3.8, 4) is 5.75 Å². The van der Waals surface area contributed by atoms with Gasteiger partial charge in [-0.3, -0.25) is 4.79 Å². The first-order valence-corrected chi connectivity index (χ1v) is 6.09. The molecule has 0 saturated heterocycles. The highest BCUT2D eigenvalue weighted by Crippen LogP contribution is 2.17. The van der Waals surface area contributed by atoms with Crippen LogP contribution in [0.3, 0.4) is 0 Å². The summed E-state index contributed by atoms with van der Waals surface area (Å²) in [4.78, 5) is 11.8. The highest BCUT2D eigenvalue weighted by Gasteiger charge is 2.16. The fraction of sp³-hybridized carbons (Fsp3) is 0.231.